The van der Waals surface area contributed by atoms with E-state index in [0.717, 1.165) is 21.2 Å². The molecule has 0 aliphatic carbocycles. The Morgan fingerprint density at radius 1 is 1.19 bits per heavy atom. The molecule has 2 N–H and O–H groups in total. The fourth-order valence-electron chi connectivity index (χ4n) is 3.12. The first-order valence-electron chi connectivity index (χ1n) is 9.71. The van der Waals surface area contributed by atoms with Gasteiger partial charge in [-0.15, -0.1) is 0 Å². The number of hydrogen-bond acceptors (Lipinski definition) is 3. The minimum Gasteiger partial charge on any atom is -0.508 e. The van der Waals surface area contributed by atoms with Gasteiger partial charge in [0.05, 0.1) is 0 Å². The third kappa shape index (κ3) is 6.21. The van der Waals surface area contributed by atoms with Crippen LogP contribution in [0.1, 0.15) is 36.5 Å². The van der Waals surface area contributed by atoms with Crippen molar-refractivity contribution >= 4 is 39.1 Å². The quantitative estimate of drug-likeness (QED) is 0.376. The second kappa shape index (κ2) is 10.2. The van der Waals surface area contributed by atoms with E-state index in [-0.39, 0.29) is 18.3 Å². The molecule has 0 bridgehead atoms. The molecule has 3 rings (SSSR count). The van der Waals surface area contributed by atoms with Crippen molar-refractivity contribution in [2.24, 2.45) is 0 Å². The number of amides is 1. The minimum absolute atomic E-state index is 0.202. The number of phenols is 1. The lowest BCUT2D eigenvalue weighted by molar-refractivity contribution is -0.118. The Labute approximate surface area is 194 Å². The van der Waals surface area contributed by atoms with E-state index >= 15 is 0 Å². The summed E-state index contributed by atoms with van der Waals surface area (Å²) in [6, 6.07) is 14.6. The van der Waals surface area contributed by atoms with E-state index in [0.29, 0.717) is 22.9 Å². The number of ether oxygens (including phenoxy) is 1. The SMILES string of the molecule is CC(C)c1cc(Cc2c(Cl)cc(OCC(=O)Nc3cccc(F)c3)cc2Br)ccc1O. The molecule has 0 saturated carbocycles. The van der Waals surface area contributed by atoms with Crippen LogP contribution in [0.3, 0.4) is 0 Å². The summed E-state index contributed by atoms with van der Waals surface area (Å²) in [5.74, 6) is 0.0762. The van der Waals surface area contributed by atoms with Gasteiger partial charge in [0, 0.05) is 21.6 Å². The lowest BCUT2D eigenvalue weighted by atomic mass is 9.96. The number of nitrogens with one attached hydrogen (secondary N) is 1. The average molecular weight is 507 g/mol. The molecule has 0 fully saturated rings. The van der Waals surface area contributed by atoms with Gasteiger partial charge in [-0.2, -0.15) is 0 Å². The second-order valence-electron chi connectivity index (χ2n) is 7.44. The summed E-state index contributed by atoms with van der Waals surface area (Å²) in [7, 11) is 0. The van der Waals surface area contributed by atoms with E-state index in [2.05, 4.69) is 21.2 Å². The van der Waals surface area contributed by atoms with Crippen LogP contribution >= 0.6 is 27.5 Å². The Morgan fingerprint density at radius 2 is 1.97 bits per heavy atom. The van der Waals surface area contributed by atoms with Gasteiger partial charge in [0.2, 0.25) is 0 Å². The van der Waals surface area contributed by atoms with E-state index in [9.17, 15) is 14.3 Å². The van der Waals surface area contributed by atoms with Crippen molar-refractivity contribution in [2.75, 3.05) is 11.9 Å². The highest BCUT2D eigenvalue weighted by atomic mass is 79.9. The molecule has 162 valence electrons. The summed E-state index contributed by atoms with van der Waals surface area (Å²) >= 11 is 10.0. The number of carbonyl (C=O) groups excluding carboxylic acids is 1. The third-order valence-electron chi connectivity index (χ3n) is 4.69. The van der Waals surface area contributed by atoms with Crippen LogP contribution in [0.2, 0.25) is 5.02 Å². The zero-order chi connectivity index (χ0) is 22.5. The van der Waals surface area contributed by atoms with Crippen LogP contribution in [0.4, 0.5) is 10.1 Å². The Bertz CT molecular complexity index is 1080. The highest BCUT2D eigenvalue weighted by Crippen LogP contribution is 2.34. The minimum atomic E-state index is -0.431. The number of rotatable bonds is 7. The molecule has 3 aromatic rings. The lowest BCUT2D eigenvalue weighted by Crippen LogP contribution is -2.20. The van der Waals surface area contributed by atoms with Crippen molar-refractivity contribution in [3.05, 3.63) is 86.6 Å². The van der Waals surface area contributed by atoms with Crippen LogP contribution in [0.25, 0.3) is 0 Å². The zero-order valence-electron chi connectivity index (χ0n) is 17.1. The predicted molar refractivity (Wildman–Crippen MR) is 125 cm³/mol. The van der Waals surface area contributed by atoms with Crippen LogP contribution in [-0.2, 0) is 11.2 Å². The highest BCUT2D eigenvalue weighted by Gasteiger charge is 2.13. The third-order valence-corrected chi connectivity index (χ3v) is 5.73. The van der Waals surface area contributed by atoms with E-state index < -0.39 is 11.7 Å². The normalized spacial score (nSPS) is 10.9. The molecule has 0 aromatic heterocycles. The van der Waals surface area contributed by atoms with Gasteiger partial charge in [-0.1, -0.05) is 59.6 Å². The first-order valence-corrected chi connectivity index (χ1v) is 10.9. The Balaban J connectivity index is 1.67. The van der Waals surface area contributed by atoms with Gasteiger partial charge in [0.25, 0.3) is 5.91 Å². The summed E-state index contributed by atoms with van der Waals surface area (Å²) in [6.45, 7) is 3.81. The van der Waals surface area contributed by atoms with Gasteiger partial charge < -0.3 is 15.2 Å². The van der Waals surface area contributed by atoms with Gasteiger partial charge in [0.1, 0.15) is 17.3 Å². The molecule has 0 aliphatic heterocycles. The molecule has 0 spiro atoms. The maximum Gasteiger partial charge on any atom is 0.262 e. The van der Waals surface area contributed by atoms with E-state index in [1.165, 1.54) is 18.2 Å². The molecule has 0 unspecified atom stereocenters. The molecule has 0 atom stereocenters. The molecule has 0 radical (unpaired) electrons. The molecule has 0 aliphatic rings. The van der Waals surface area contributed by atoms with Gasteiger partial charge in [-0.3, -0.25) is 4.79 Å². The summed E-state index contributed by atoms with van der Waals surface area (Å²) in [5.41, 5.74) is 3.14. The number of hydrogen-bond donors (Lipinski definition) is 2. The van der Waals surface area contributed by atoms with Crippen molar-refractivity contribution in [3.8, 4) is 11.5 Å². The van der Waals surface area contributed by atoms with Crippen molar-refractivity contribution in [1.82, 2.24) is 0 Å². The van der Waals surface area contributed by atoms with E-state index in [1.54, 1.807) is 24.3 Å². The standard InChI is InChI=1S/C24H22BrClFNO3/c1-14(2)19-8-15(6-7-23(19)29)9-20-21(25)11-18(12-22(20)26)31-13-24(30)28-17-5-3-4-16(27)10-17/h3-8,10-12,14,29H,9,13H2,1-2H3,(H,28,30). The van der Waals surface area contributed by atoms with Gasteiger partial charge in [-0.05, 0) is 59.0 Å². The number of aromatic hydroxyl groups is 1. The van der Waals surface area contributed by atoms with Crippen molar-refractivity contribution in [3.63, 3.8) is 0 Å². The molecular formula is C24H22BrClFNO3. The van der Waals surface area contributed by atoms with Crippen molar-refractivity contribution in [2.45, 2.75) is 26.2 Å². The molecule has 3 aromatic carbocycles. The lowest BCUT2D eigenvalue weighted by Gasteiger charge is -2.14. The van der Waals surface area contributed by atoms with Gasteiger partial charge in [-0.25, -0.2) is 4.39 Å². The summed E-state index contributed by atoms with van der Waals surface area (Å²) in [5, 5.41) is 13.1. The number of carbonyl (C=O) groups is 1. The number of halogens is 3. The van der Waals surface area contributed by atoms with E-state index in [4.69, 9.17) is 16.3 Å². The number of phenolic OH excluding ortho intramolecular Hbond substituents is 1. The Morgan fingerprint density at radius 3 is 2.65 bits per heavy atom. The number of benzene rings is 3. The van der Waals surface area contributed by atoms with Crippen molar-refractivity contribution < 1.29 is 19.0 Å². The average Bonchev–Trinajstić information content (AvgIpc) is 2.70. The molecule has 1 amide bonds. The maximum atomic E-state index is 13.2. The van der Waals surface area contributed by atoms with Crippen LogP contribution in [0.5, 0.6) is 11.5 Å². The first kappa shape index (κ1) is 23.1. The molecule has 0 heterocycles. The maximum absolute atomic E-state index is 13.2. The molecule has 31 heavy (non-hydrogen) atoms. The summed E-state index contributed by atoms with van der Waals surface area (Å²) in [4.78, 5) is 12.1. The van der Waals surface area contributed by atoms with Gasteiger partial charge in [0.15, 0.2) is 6.61 Å². The van der Waals surface area contributed by atoms with Crippen LogP contribution in [0.15, 0.2) is 59.1 Å². The first-order chi connectivity index (χ1) is 14.7. The van der Waals surface area contributed by atoms with Gasteiger partial charge >= 0.3 is 0 Å². The molecular weight excluding hydrogens is 485 g/mol. The van der Waals surface area contributed by atoms with Crippen molar-refractivity contribution in [1.29, 1.82) is 0 Å². The summed E-state index contributed by atoms with van der Waals surface area (Å²) in [6.07, 6.45) is 0.569. The van der Waals surface area contributed by atoms with Crippen LogP contribution < -0.4 is 10.1 Å². The predicted octanol–water partition coefficient (Wildman–Crippen LogP) is 6.68. The molecule has 7 heteroatoms. The largest absolute Gasteiger partial charge is 0.508 e. The monoisotopic (exact) mass is 505 g/mol. The number of anilines is 1. The summed E-state index contributed by atoms with van der Waals surface area (Å²) < 4.78 is 19.5. The molecule has 4 nitrogen and oxygen atoms in total. The zero-order valence-corrected chi connectivity index (χ0v) is 19.4. The fourth-order valence-corrected chi connectivity index (χ4v) is 4.09. The smallest absolute Gasteiger partial charge is 0.262 e. The highest BCUT2D eigenvalue weighted by molar-refractivity contribution is 9.10. The van der Waals surface area contributed by atoms with E-state index in [1.807, 2.05) is 26.0 Å². The molecule has 0 saturated heterocycles. The van der Waals surface area contributed by atoms with Crippen LogP contribution in [-0.4, -0.2) is 17.6 Å². The van der Waals surface area contributed by atoms with Crippen LogP contribution in [0, 0.1) is 5.82 Å². The Kier molecular flexibility index (Phi) is 7.57. The Hall–Kier alpha value is -2.57. The fraction of sp³-hybridized carbons (Fsp3) is 0.208. The topological polar surface area (TPSA) is 58.6 Å². The second-order valence-corrected chi connectivity index (χ2v) is 8.70.